The van der Waals surface area contributed by atoms with Crippen molar-refractivity contribution in [3.8, 4) is 0 Å². The lowest BCUT2D eigenvalue weighted by atomic mass is 9.88. The number of carbonyl (C=O) groups excluding carboxylic acids is 2. The Morgan fingerprint density at radius 3 is 2.84 bits per heavy atom. The number of nitrogens with one attached hydrogen (secondary N) is 2. The highest BCUT2D eigenvalue weighted by atomic mass is 32.1. The molecule has 0 aromatic carbocycles. The van der Waals surface area contributed by atoms with E-state index in [4.69, 9.17) is 10.5 Å². The lowest BCUT2D eigenvalue weighted by molar-refractivity contribution is -0.141. The Morgan fingerprint density at radius 1 is 1.36 bits per heavy atom. The second kappa shape index (κ2) is 8.59. The second-order valence-corrected chi connectivity index (χ2v) is 7.33. The van der Waals surface area contributed by atoms with Crippen LogP contribution >= 0.6 is 11.3 Å². The van der Waals surface area contributed by atoms with Crippen LogP contribution in [0.15, 0.2) is 5.38 Å². The van der Waals surface area contributed by atoms with Crippen LogP contribution in [0.5, 0.6) is 0 Å². The van der Waals surface area contributed by atoms with Gasteiger partial charge >= 0.3 is 0 Å². The summed E-state index contributed by atoms with van der Waals surface area (Å²) >= 11 is 1.40. The van der Waals surface area contributed by atoms with Gasteiger partial charge in [0.25, 0.3) is 0 Å². The number of carbonyl (C=O) groups is 2. The van der Waals surface area contributed by atoms with Gasteiger partial charge in [-0.2, -0.15) is 0 Å². The summed E-state index contributed by atoms with van der Waals surface area (Å²) in [5.74, 6) is -0.188. The van der Waals surface area contributed by atoms with Crippen molar-refractivity contribution < 1.29 is 14.3 Å². The number of morpholine rings is 1. The van der Waals surface area contributed by atoms with Crippen molar-refractivity contribution in [1.82, 2.24) is 20.5 Å². The predicted molar refractivity (Wildman–Crippen MR) is 95.1 cm³/mol. The Labute approximate surface area is 151 Å². The predicted octanol–water partition coefficient (Wildman–Crippen LogP) is -0.531. The third-order valence-corrected chi connectivity index (χ3v) is 5.37. The van der Waals surface area contributed by atoms with E-state index >= 15 is 0 Å². The standard InChI is InChI=1S/C16H25N5O3S/c17-16-20-13(10-25-16)1-2-19-14(22)11-7-12(9-18-8-11)15(23)21-3-5-24-6-4-21/h10-12,18H,1-9H2,(H2,17,20)(H,19,22)/t11-,12-/m0/s1. The van der Waals surface area contributed by atoms with Crippen molar-refractivity contribution in [3.05, 3.63) is 11.1 Å². The SMILES string of the molecule is Nc1nc(CCNC(=O)[C@@H]2CNC[C@@H](C(=O)N3CCOCC3)C2)cs1. The number of ether oxygens (including phenoxy) is 1. The molecule has 1 aromatic rings. The van der Waals surface area contributed by atoms with E-state index in [1.54, 1.807) is 0 Å². The number of nitrogens with zero attached hydrogens (tertiary/aromatic N) is 2. The summed E-state index contributed by atoms with van der Waals surface area (Å²) in [4.78, 5) is 31.0. The van der Waals surface area contributed by atoms with Gasteiger partial charge in [0.1, 0.15) is 0 Å². The number of hydrogen-bond donors (Lipinski definition) is 3. The quantitative estimate of drug-likeness (QED) is 0.645. The van der Waals surface area contributed by atoms with Crippen molar-refractivity contribution in [2.75, 3.05) is 51.7 Å². The molecule has 0 unspecified atom stereocenters. The van der Waals surface area contributed by atoms with E-state index in [1.807, 2.05) is 10.3 Å². The Balaban J connectivity index is 1.45. The highest BCUT2D eigenvalue weighted by Gasteiger charge is 2.33. The Morgan fingerprint density at radius 2 is 2.12 bits per heavy atom. The first-order valence-corrected chi connectivity index (χ1v) is 9.56. The highest BCUT2D eigenvalue weighted by Crippen LogP contribution is 2.20. The number of piperidine rings is 1. The van der Waals surface area contributed by atoms with Gasteiger partial charge in [-0.3, -0.25) is 9.59 Å². The lowest BCUT2D eigenvalue weighted by Gasteiger charge is -2.34. The maximum absolute atomic E-state index is 12.6. The Kier molecular flexibility index (Phi) is 6.22. The molecule has 9 heteroatoms. The normalized spacial score (nSPS) is 24.1. The second-order valence-electron chi connectivity index (χ2n) is 6.44. The molecule has 2 aliphatic heterocycles. The molecular formula is C16H25N5O3S. The van der Waals surface area contributed by atoms with Gasteiger partial charge in [-0.1, -0.05) is 0 Å². The molecule has 0 saturated carbocycles. The number of hydrogen-bond acceptors (Lipinski definition) is 7. The van der Waals surface area contributed by atoms with Gasteiger partial charge in [-0.15, -0.1) is 11.3 Å². The van der Waals surface area contributed by atoms with Crippen LogP contribution in [0, 0.1) is 11.8 Å². The zero-order valence-corrected chi connectivity index (χ0v) is 15.0. The minimum atomic E-state index is -0.177. The van der Waals surface area contributed by atoms with Crippen LogP contribution in [-0.4, -0.2) is 67.6 Å². The number of amides is 2. The molecule has 2 aliphatic rings. The van der Waals surface area contributed by atoms with Crippen molar-refractivity contribution in [2.45, 2.75) is 12.8 Å². The number of aromatic nitrogens is 1. The fourth-order valence-electron chi connectivity index (χ4n) is 3.27. The summed E-state index contributed by atoms with van der Waals surface area (Å²) in [6.07, 6.45) is 1.26. The summed E-state index contributed by atoms with van der Waals surface area (Å²) in [5.41, 5.74) is 6.49. The van der Waals surface area contributed by atoms with E-state index in [2.05, 4.69) is 15.6 Å². The van der Waals surface area contributed by atoms with Gasteiger partial charge in [0, 0.05) is 44.5 Å². The van der Waals surface area contributed by atoms with Gasteiger partial charge in [0.05, 0.1) is 30.7 Å². The summed E-state index contributed by atoms with van der Waals surface area (Å²) in [6.45, 7) is 4.25. The third-order valence-electron chi connectivity index (χ3n) is 4.64. The lowest BCUT2D eigenvalue weighted by Crippen LogP contribution is -2.51. The van der Waals surface area contributed by atoms with Crippen LogP contribution in [-0.2, 0) is 20.7 Å². The summed E-state index contributed by atoms with van der Waals surface area (Å²) in [7, 11) is 0. The fourth-order valence-corrected chi connectivity index (χ4v) is 3.86. The molecule has 25 heavy (non-hydrogen) atoms. The van der Waals surface area contributed by atoms with E-state index in [0.29, 0.717) is 63.9 Å². The largest absolute Gasteiger partial charge is 0.378 e. The van der Waals surface area contributed by atoms with Gasteiger partial charge < -0.3 is 26.0 Å². The number of anilines is 1. The molecule has 2 atom stereocenters. The summed E-state index contributed by atoms with van der Waals surface area (Å²) in [6, 6.07) is 0. The van der Waals surface area contributed by atoms with Gasteiger partial charge in [0.15, 0.2) is 5.13 Å². The molecule has 8 nitrogen and oxygen atoms in total. The maximum Gasteiger partial charge on any atom is 0.227 e. The summed E-state index contributed by atoms with van der Waals surface area (Å²) < 4.78 is 5.29. The third kappa shape index (κ3) is 4.90. The van der Waals surface area contributed by atoms with Gasteiger partial charge in [-0.25, -0.2) is 4.98 Å². The minimum absolute atomic E-state index is 0.00446. The van der Waals surface area contributed by atoms with Crippen molar-refractivity contribution in [1.29, 1.82) is 0 Å². The molecule has 1 aromatic heterocycles. The first-order valence-electron chi connectivity index (χ1n) is 8.68. The number of nitrogens with two attached hydrogens (primary N) is 1. The van der Waals surface area contributed by atoms with Gasteiger partial charge in [-0.05, 0) is 6.42 Å². The van der Waals surface area contributed by atoms with Crippen LogP contribution < -0.4 is 16.4 Å². The van der Waals surface area contributed by atoms with Gasteiger partial charge in [0.2, 0.25) is 11.8 Å². The topological polar surface area (TPSA) is 110 Å². The van der Waals surface area contributed by atoms with Crippen LogP contribution in [0.1, 0.15) is 12.1 Å². The molecule has 2 amide bonds. The molecule has 3 rings (SSSR count). The zero-order chi connectivity index (χ0) is 17.6. The van der Waals surface area contributed by atoms with Crippen molar-refractivity contribution >= 4 is 28.3 Å². The van der Waals surface area contributed by atoms with Crippen LogP contribution in [0.3, 0.4) is 0 Å². The molecule has 138 valence electrons. The summed E-state index contributed by atoms with van der Waals surface area (Å²) in [5, 5.41) is 8.63. The molecule has 0 spiro atoms. The van der Waals surface area contributed by atoms with E-state index in [1.165, 1.54) is 11.3 Å². The fraction of sp³-hybridized carbons (Fsp3) is 0.688. The monoisotopic (exact) mass is 367 g/mol. The first kappa shape index (κ1) is 18.1. The van der Waals surface area contributed by atoms with Crippen molar-refractivity contribution in [3.63, 3.8) is 0 Å². The maximum atomic E-state index is 12.6. The Hall–Kier alpha value is -1.71. The molecule has 3 heterocycles. The smallest absolute Gasteiger partial charge is 0.227 e. The molecule has 4 N–H and O–H groups in total. The molecule has 0 radical (unpaired) electrons. The molecule has 0 aliphatic carbocycles. The van der Waals surface area contributed by atoms with Crippen LogP contribution in [0.25, 0.3) is 0 Å². The highest BCUT2D eigenvalue weighted by molar-refractivity contribution is 7.13. The van der Waals surface area contributed by atoms with E-state index in [9.17, 15) is 9.59 Å². The Bertz CT molecular complexity index is 602. The average molecular weight is 367 g/mol. The van der Waals surface area contributed by atoms with E-state index < -0.39 is 0 Å². The number of rotatable bonds is 5. The van der Waals surface area contributed by atoms with Crippen LogP contribution in [0.2, 0.25) is 0 Å². The number of thiazole rings is 1. The minimum Gasteiger partial charge on any atom is -0.378 e. The average Bonchev–Trinajstić information content (AvgIpc) is 3.07. The van der Waals surface area contributed by atoms with E-state index in [-0.39, 0.29) is 23.7 Å². The van der Waals surface area contributed by atoms with E-state index in [0.717, 1.165) is 5.69 Å². The molecule has 2 fully saturated rings. The van der Waals surface area contributed by atoms with Crippen molar-refractivity contribution in [2.24, 2.45) is 11.8 Å². The zero-order valence-electron chi connectivity index (χ0n) is 14.2. The molecular weight excluding hydrogens is 342 g/mol. The molecule has 0 bridgehead atoms. The molecule has 2 saturated heterocycles. The number of nitrogen functional groups attached to an aromatic ring is 1. The first-order chi connectivity index (χ1) is 12.1. The van der Waals surface area contributed by atoms with Crippen LogP contribution in [0.4, 0.5) is 5.13 Å².